The molecule has 0 aliphatic carbocycles. The molecule has 24 heavy (non-hydrogen) atoms. The van der Waals surface area contributed by atoms with Crippen LogP contribution in [0.1, 0.15) is 34.7 Å². The Hall–Kier alpha value is -1.51. The molecule has 0 saturated heterocycles. The Balaban J connectivity index is 2.04. The topological polar surface area (TPSA) is 23.8 Å². The van der Waals surface area contributed by atoms with Crippen molar-refractivity contribution >= 4 is 39.3 Å². The van der Waals surface area contributed by atoms with Gasteiger partial charge in [-0.2, -0.15) is 5.26 Å². The van der Waals surface area contributed by atoms with Crippen molar-refractivity contribution < 1.29 is 0 Å². The lowest BCUT2D eigenvalue weighted by Crippen LogP contribution is -1.94. The van der Waals surface area contributed by atoms with Gasteiger partial charge in [0.1, 0.15) is 0 Å². The van der Waals surface area contributed by atoms with Crippen LogP contribution < -0.4 is 0 Å². The summed E-state index contributed by atoms with van der Waals surface area (Å²) in [4.78, 5) is 0.995. The Morgan fingerprint density at radius 2 is 1.88 bits per heavy atom. The summed E-state index contributed by atoms with van der Waals surface area (Å²) in [5.74, 6) is 0. The van der Waals surface area contributed by atoms with Gasteiger partial charge >= 0.3 is 0 Å². The van der Waals surface area contributed by atoms with Crippen molar-refractivity contribution in [1.82, 2.24) is 0 Å². The summed E-state index contributed by atoms with van der Waals surface area (Å²) in [6, 6.07) is 14.2. The van der Waals surface area contributed by atoms with Gasteiger partial charge in [0.25, 0.3) is 0 Å². The number of hydrogen-bond acceptors (Lipinski definition) is 2. The first-order chi connectivity index (χ1) is 11.4. The van der Waals surface area contributed by atoms with Gasteiger partial charge in [0, 0.05) is 8.48 Å². The lowest BCUT2D eigenvalue weighted by Gasteiger charge is -2.10. The Kier molecular flexibility index (Phi) is 6.70. The van der Waals surface area contributed by atoms with Gasteiger partial charge in [-0.1, -0.05) is 42.1 Å². The van der Waals surface area contributed by atoms with Gasteiger partial charge < -0.3 is 0 Å². The minimum Gasteiger partial charge on any atom is -0.192 e. The van der Waals surface area contributed by atoms with Gasteiger partial charge in [-0.25, -0.2) is 0 Å². The summed E-state index contributed by atoms with van der Waals surface area (Å²) in [7, 11) is 0. The molecule has 0 heterocycles. The van der Waals surface area contributed by atoms with Crippen LogP contribution in [0.25, 0.3) is 4.91 Å². The third-order valence-electron chi connectivity index (χ3n) is 3.82. The minimum absolute atomic E-state index is 0.674. The number of rotatable bonds is 5. The minimum atomic E-state index is 0.674. The molecule has 0 saturated carbocycles. The monoisotopic (exact) mass is 445 g/mol. The number of nitriles is 1. The van der Waals surface area contributed by atoms with E-state index >= 15 is 0 Å². The fourth-order valence-electron chi connectivity index (χ4n) is 2.34. The van der Waals surface area contributed by atoms with E-state index in [0.29, 0.717) is 5.56 Å². The van der Waals surface area contributed by atoms with E-state index in [0.717, 1.165) is 16.9 Å². The van der Waals surface area contributed by atoms with Crippen LogP contribution in [0.5, 0.6) is 0 Å². The predicted molar refractivity (Wildman–Crippen MR) is 114 cm³/mol. The molecule has 0 bridgehead atoms. The number of nitrogens with zero attached hydrogens (tertiary/aromatic N) is 1. The van der Waals surface area contributed by atoms with Crippen LogP contribution >= 0.6 is 34.4 Å². The maximum atomic E-state index is 8.85. The second-order valence-electron chi connectivity index (χ2n) is 5.90. The third-order valence-corrected chi connectivity index (χ3v) is 6.03. The predicted octanol–water partition coefficient (Wildman–Crippen LogP) is 6.63. The quantitative estimate of drug-likeness (QED) is 0.483. The first kappa shape index (κ1) is 18.8. The maximum Gasteiger partial charge on any atom is 0.0991 e. The molecule has 0 fully saturated rings. The summed E-state index contributed by atoms with van der Waals surface area (Å²) in [6.45, 7) is 10.6. The first-order valence-corrected chi connectivity index (χ1v) is 9.64. The highest BCUT2D eigenvalue weighted by atomic mass is 127. The SMILES string of the molecule is C=C(S/C=C(\C)Cc1cc(C)c(I)cc1C)c1ccc(C#N)cc1. The molecule has 2 aromatic rings. The molecule has 0 aliphatic rings. The van der Waals surface area contributed by atoms with Crippen molar-refractivity contribution in [2.75, 3.05) is 0 Å². The lowest BCUT2D eigenvalue weighted by molar-refractivity contribution is 1.11. The highest BCUT2D eigenvalue weighted by molar-refractivity contribution is 14.1. The van der Waals surface area contributed by atoms with Crippen LogP contribution in [0.15, 0.2) is 54.0 Å². The highest BCUT2D eigenvalue weighted by Gasteiger charge is 2.04. The third kappa shape index (κ3) is 4.99. The summed E-state index contributed by atoms with van der Waals surface area (Å²) in [5.41, 5.74) is 7.11. The molecule has 2 rings (SSSR count). The normalized spacial score (nSPS) is 11.2. The van der Waals surface area contributed by atoms with E-state index in [-0.39, 0.29) is 0 Å². The Morgan fingerprint density at radius 1 is 1.21 bits per heavy atom. The smallest absolute Gasteiger partial charge is 0.0991 e. The standard InChI is InChI=1S/C21H20INS/c1-14(9-20-10-16(3)21(22)11-15(20)2)13-24-17(4)19-7-5-18(12-23)6-8-19/h5-8,10-11,13H,4,9H2,1-3H3/b14-13+. The van der Waals surface area contributed by atoms with E-state index in [1.165, 1.54) is 25.8 Å². The Bertz CT molecular complexity index is 826. The molecule has 0 spiro atoms. The zero-order chi connectivity index (χ0) is 17.7. The van der Waals surface area contributed by atoms with E-state index in [1.54, 1.807) is 11.8 Å². The van der Waals surface area contributed by atoms with Crippen LogP contribution in [0.2, 0.25) is 0 Å². The van der Waals surface area contributed by atoms with E-state index in [9.17, 15) is 0 Å². The van der Waals surface area contributed by atoms with Crippen LogP contribution in [0.4, 0.5) is 0 Å². The molecule has 2 aromatic carbocycles. The van der Waals surface area contributed by atoms with Gasteiger partial charge in [0.15, 0.2) is 0 Å². The van der Waals surface area contributed by atoms with Crippen molar-refractivity contribution in [2.24, 2.45) is 0 Å². The number of allylic oxidation sites excluding steroid dienone is 1. The highest BCUT2D eigenvalue weighted by Crippen LogP contribution is 2.29. The summed E-state index contributed by atoms with van der Waals surface area (Å²) in [6.07, 6.45) is 0.956. The molecule has 0 unspecified atom stereocenters. The number of hydrogen-bond donors (Lipinski definition) is 0. The van der Waals surface area contributed by atoms with E-state index in [1.807, 2.05) is 24.3 Å². The van der Waals surface area contributed by atoms with E-state index in [4.69, 9.17) is 5.26 Å². The van der Waals surface area contributed by atoms with Crippen molar-refractivity contribution in [1.29, 1.82) is 5.26 Å². The van der Waals surface area contributed by atoms with E-state index in [2.05, 4.69) is 73.6 Å². The Morgan fingerprint density at radius 3 is 2.50 bits per heavy atom. The van der Waals surface area contributed by atoms with E-state index < -0.39 is 0 Å². The van der Waals surface area contributed by atoms with Crippen molar-refractivity contribution in [3.8, 4) is 6.07 Å². The van der Waals surface area contributed by atoms with Crippen LogP contribution in [0.3, 0.4) is 0 Å². The average molecular weight is 445 g/mol. The van der Waals surface area contributed by atoms with Crippen LogP contribution in [-0.4, -0.2) is 0 Å². The van der Waals surface area contributed by atoms with Crippen molar-refractivity contribution in [3.63, 3.8) is 0 Å². The van der Waals surface area contributed by atoms with Gasteiger partial charge in [0.2, 0.25) is 0 Å². The van der Waals surface area contributed by atoms with Crippen molar-refractivity contribution in [2.45, 2.75) is 27.2 Å². The largest absolute Gasteiger partial charge is 0.192 e. The number of aryl methyl sites for hydroxylation is 2. The van der Waals surface area contributed by atoms with Gasteiger partial charge in [-0.3, -0.25) is 0 Å². The molecular weight excluding hydrogens is 425 g/mol. The van der Waals surface area contributed by atoms with Gasteiger partial charge in [-0.05, 0) is 95.6 Å². The number of halogens is 1. The molecule has 0 N–H and O–H groups in total. The molecule has 0 atom stereocenters. The summed E-state index contributed by atoms with van der Waals surface area (Å²) < 4.78 is 1.32. The molecule has 0 amide bonds. The number of thioether (sulfide) groups is 1. The van der Waals surface area contributed by atoms with Gasteiger partial charge in [-0.15, -0.1) is 0 Å². The van der Waals surface area contributed by atoms with Crippen LogP contribution in [0, 0.1) is 28.7 Å². The summed E-state index contributed by atoms with van der Waals surface area (Å²) in [5, 5.41) is 11.0. The zero-order valence-electron chi connectivity index (χ0n) is 14.2. The Labute approximate surface area is 162 Å². The van der Waals surface area contributed by atoms with Crippen molar-refractivity contribution in [3.05, 3.63) is 85.3 Å². The lowest BCUT2D eigenvalue weighted by atomic mass is 10.00. The molecule has 0 aliphatic heterocycles. The second kappa shape index (κ2) is 8.55. The number of benzene rings is 2. The average Bonchev–Trinajstić information content (AvgIpc) is 2.57. The van der Waals surface area contributed by atoms with Gasteiger partial charge in [0.05, 0.1) is 11.6 Å². The fourth-order valence-corrected chi connectivity index (χ4v) is 3.67. The second-order valence-corrected chi connectivity index (χ2v) is 8.03. The molecule has 0 aromatic heterocycles. The first-order valence-electron chi connectivity index (χ1n) is 7.68. The molecule has 122 valence electrons. The van der Waals surface area contributed by atoms with Crippen LogP contribution in [-0.2, 0) is 6.42 Å². The summed E-state index contributed by atoms with van der Waals surface area (Å²) >= 11 is 4.03. The molecular formula is C21H20INS. The molecule has 3 heteroatoms. The molecule has 0 radical (unpaired) electrons. The fraction of sp³-hybridized carbons (Fsp3) is 0.190. The maximum absolute atomic E-state index is 8.85. The molecule has 1 nitrogen and oxygen atoms in total. The zero-order valence-corrected chi connectivity index (χ0v) is 17.2.